The van der Waals surface area contributed by atoms with E-state index in [0.717, 1.165) is 16.4 Å². The Morgan fingerprint density at radius 2 is 1.48 bits per heavy atom. The summed E-state index contributed by atoms with van der Waals surface area (Å²) < 4.78 is 2.15. The van der Waals surface area contributed by atoms with Gasteiger partial charge in [0, 0.05) is 11.8 Å². The highest BCUT2D eigenvalue weighted by molar-refractivity contribution is 7.98. The third-order valence-corrected chi connectivity index (χ3v) is 5.73. The van der Waals surface area contributed by atoms with Crippen LogP contribution in [0.3, 0.4) is 0 Å². The lowest BCUT2D eigenvalue weighted by atomic mass is 10.1. The van der Waals surface area contributed by atoms with E-state index < -0.39 is 0 Å². The predicted octanol–water partition coefficient (Wildman–Crippen LogP) is 2.42. The van der Waals surface area contributed by atoms with E-state index in [9.17, 15) is 0 Å². The summed E-state index contributed by atoms with van der Waals surface area (Å²) in [6.45, 7) is 0. The Labute approximate surface area is 168 Å². The molecule has 27 heavy (non-hydrogen) atoms. The summed E-state index contributed by atoms with van der Waals surface area (Å²) >= 11 is 1.81. The summed E-state index contributed by atoms with van der Waals surface area (Å²) in [5.74, 6) is 0.904. The lowest BCUT2D eigenvalue weighted by molar-refractivity contribution is -0.484. The fourth-order valence-electron chi connectivity index (χ4n) is 3.43. The third kappa shape index (κ3) is 3.25. The second-order valence-electron chi connectivity index (χ2n) is 6.29. The molecular formula is C23H17ClN2S. The van der Waals surface area contributed by atoms with Gasteiger partial charge in [-0.15, -0.1) is 0 Å². The number of para-hydroxylation sites is 1. The minimum atomic E-state index is 0. The van der Waals surface area contributed by atoms with Crippen LogP contribution >= 0.6 is 11.8 Å². The van der Waals surface area contributed by atoms with E-state index in [1.54, 1.807) is 0 Å². The standard InChI is InChI=1S/C23H17N2S.ClH/c1-2-11-19-17(8-1)9-7-10-18(19)16-26-23-20-12-3-4-13-21(20)25-15-6-5-14-22(25)24-23;/h1-15H,16H2;1H/q+1;/p-1. The van der Waals surface area contributed by atoms with Crippen molar-refractivity contribution in [2.75, 3.05) is 0 Å². The Morgan fingerprint density at radius 1 is 0.741 bits per heavy atom. The van der Waals surface area contributed by atoms with E-state index in [-0.39, 0.29) is 12.4 Å². The molecule has 0 saturated heterocycles. The van der Waals surface area contributed by atoms with Gasteiger partial charge in [0.05, 0.1) is 11.6 Å². The molecule has 0 spiro atoms. The molecule has 0 aliphatic rings. The zero-order chi connectivity index (χ0) is 17.3. The van der Waals surface area contributed by atoms with E-state index in [4.69, 9.17) is 4.98 Å². The zero-order valence-electron chi connectivity index (χ0n) is 14.5. The van der Waals surface area contributed by atoms with Crippen LogP contribution in [-0.2, 0) is 5.75 Å². The van der Waals surface area contributed by atoms with Crippen molar-refractivity contribution >= 4 is 39.1 Å². The first-order valence-electron chi connectivity index (χ1n) is 8.69. The number of fused-ring (bicyclic) bond motifs is 4. The first-order valence-corrected chi connectivity index (χ1v) is 9.67. The van der Waals surface area contributed by atoms with E-state index in [1.165, 1.54) is 27.2 Å². The molecule has 0 bridgehead atoms. The molecule has 2 nitrogen and oxygen atoms in total. The van der Waals surface area contributed by atoms with Crippen molar-refractivity contribution in [3.63, 3.8) is 0 Å². The number of hydrogen-bond acceptors (Lipinski definition) is 2. The molecule has 0 radical (unpaired) electrons. The second kappa shape index (κ2) is 7.55. The molecule has 3 aromatic carbocycles. The molecule has 0 saturated carbocycles. The van der Waals surface area contributed by atoms with Crippen LogP contribution in [0, 0.1) is 0 Å². The number of thioether (sulfide) groups is 1. The van der Waals surface area contributed by atoms with Gasteiger partial charge < -0.3 is 12.4 Å². The van der Waals surface area contributed by atoms with Crippen molar-refractivity contribution < 1.29 is 16.8 Å². The molecule has 2 aromatic heterocycles. The molecule has 2 heterocycles. The van der Waals surface area contributed by atoms with Crippen molar-refractivity contribution in [2.24, 2.45) is 0 Å². The molecule has 132 valence electrons. The van der Waals surface area contributed by atoms with Gasteiger partial charge in [-0.05, 0) is 39.5 Å². The molecule has 0 aliphatic carbocycles. The number of aromatic nitrogens is 2. The summed E-state index contributed by atoms with van der Waals surface area (Å²) in [5, 5.41) is 4.89. The molecule has 0 aliphatic heterocycles. The van der Waals surface area contributed by atoms with Gasteiger partial charge in [-0.2, -0.15) is 4.40 Å². The molecule has 0 atom stereocenters. The smallest absolute Gasteiger partial charge is 0.329 e. The molecule has 0 N–H and O–H groups in total. The second-order valence-corrected chi connectivity index (χ2v) is 7.25. The van der Waals surface area contributed by atoms with Crippen molar-refractivity contribution in [1.82, 2.24) is 4.98 Å². The van der Waals surface area contributed by atoms with Crippen LogP contribution in [0.4, 0.5) is 0 Å². The summed E-state index contributed by atoms with van der Waals surface area (Å²) in [4.78, 5) is 4.92. The molecule has 0 amide bonds. The van der Waals surface area contributed by atoms with Crippen molar-refractivity contribution in [2.45, 2.75) is 10.8 Å². The van der Waals surface area contributed by atoms with Crippen LogP contribution in [0.15, 0.2) is 96.2 Å². The maximum atomic E-state index is 4.92. The number of rotatable bonds is 3. The van der Waals surface area contributed by atoms with E-state index in [0.29, 0.717) is 0 Å². The molecule has 5 rings (SSSR count). The first kappa shape index (κ1) is 17.8. The predicted molar refractivity (Wildman–Crippen MR) is 108 cm³/mol. The van der Waals surface area contributed by atoms with Gasteiger partial charge in [0.15, 0.2) is 0 Å². The summed E-state index contributed by atoms with van der Waals surface area (Å²) in [6.07, 6.45) is 2.07. The van der Waals surface area contributed by atoms with Crippen LogP contribution in [-0.4, -0.2) is 4.98 Å². The lowest BCUT2D eigenvalue weighted by Crippen LogP contribution is -3.00. The Kier molecular flexibility index (Phi) is 4.97. The SMILES string of the molecule is [Cl-].c1ccc2c(CSc3nc4cccc[n+]4c4ccccc34)cccc2c1. The van der Waals surface area contributed by atoms with Crippen LogP contribution in [0.25, 0.3) is 27.3 Å². The summed E-state index contributed by atoms with van der Waals surface area (Å²) in [7, 11) is 0. The highest BCUT2D eigenvalue weighted by atomic mass is 35.5. The first-order chi connectivity index (χ1) is 12.9. The molecule has 5 aromatic rings. The number of hydrogen-bond donors (Lipinski definition) is 0. The monoisotopic (exact) mass is 388 g/mol. The summed E-state index contributed by atoms with van der Waals surface area (Å²) in [5.41, 5.74) is 3.52. The highest BCUT2D eigenvalue weighted by Crippen LogP contribution is 2.30. The van der Waals surface area contributed by atoms with Gasteiger partial charge >= 0.3 is 5.65 Å². The van der Waals surface area contributed by atoms with E-state index in [1.807, 2.05) is 23.9 Å². The van der Waals surface area contributed by atoms with Gasteiger partial charge in [-0.3, -0.25) is 0 Å². The fourth-order valence-corrected chi connectivity index (χ4v) is 4.46. The summed E-state index contributed by atoms with van der Waals surface area (Å²) in [6, 6.07) is 29.7. The van der Waals surface area contributed by atoms with Crippen LogP contribution in [0.5, 0.6) is 0 Å². The van der Waals surface area contributed by atoms with Crippen LogP contribution < -0.4 is 16.8 Å². The number of pyridine rings is 1. The molecule has 4 heteroatoms. The van der Waals surface area contributed by atoms with E-state index in [2.05, 4.69) is 83.4 Å². The maximum Gasteiger partial charge on any atom is 0.329 e. The van der Waals surface area contributed by atoms with Gasteiger partial charge in [-0.25, -0.2) is 0 Å². The fraction of sp³-hybridized carbons (Fsp3) is 0.0435. The van der Waals surface area contributed by atoms with Crippen molar-refractivity contribution in [1.29, 1.82) is 0 Å². The van der Waals surface area contributed by atoms with Crippen LogP contribution in [0.2, 0.25) is 0 Å². The van der Waals surface area contributed by atoms with Crippen molar-refractivity contribution in [3.8, 4) is 0 Å². The molecule has 0 unspecified atom stereocenters. The Bertz CT molecular complexity index is 1250. The third-order valence-electron chi connectivity index (χ3n) is 4.69. The van der Waals surface area contributed by atoms with Gasteiger partial charge in [0.1, 0.15) is 5.52 Å². The van der Waals surface area contributed by atoms with Gasteiger partial charge in [-0.1, -0.05) is 72.4 Å². The van der Waals surface area contributed by atoms with Gasteiger partial charge in [0.2, 0.25) is 5.03 Å². The average Bonchev–Trinajstić information content (AvgIpc) is 2.72. The Hall–Kier alpha value is -2.62. The van der Waals surface area contributed by atoms with Gasteiger partial charge in [0.25, 0.3) is 0 Å². The largest absolute Gasteiger partial charge is 1.00 e. The Balaban J connectivity index is 0.00000180. The Morgan fingerprint density at radius 3 is 2.41 bits per heavy atom. The topological polar surface area (TPSA) is 17.0 Å². The van der Waals surface area contributed by atoms with Crippen LogP contribution in [0.1, 0.15) is 5.56 Å². The average molecular weight is 389 g/mol. The normalized spacial score (nSPS) is 11.0. The molecule has 0 fully saturated rings. The minimum Gasteiger partial charge on any atom is -1.00 e. The zero-order valence-corrected chi connectivity index (χ0v) is 16.1. The molecular weight excluding hydrogens is 372 g/mol. The number of halogens is 1. The number of nitrogens with zero attached hydrogens (tertiary/aromatic N) is 2. The highest BCUT2D eigenvalue weighted by Gasteiger charge is 2.16. The quantitative estimate of drug-likeness (QED) is 0.204. The van der Waals surface area contributed by atoms with E-state index >= 15 is 0 Å². The van der Waals surface area contributed by atoms with Crippen molar-refractivity contribution in [3.05, 3.63) is 96.7 Å². The lowest BCUT2D eigenvalue weighted by Gasteiger charge is -2.06. The number of benzene rings is 3. The minimum absolute atomic E-state index is 0. The maximum absolute atomic E-state index is 4.92.